The molecule has 1 amide bonds. The number of amides is 1. The van der Waals surface area contributed by atoms with Crippen LogP contribution in [0.4, 0.5) is 13.2 Å². The highest BCUT2D eigenvalue weighted by Crippen LogP contribution is 2.40. The van der Waals surface area contributed by atoms with Crippen LogP contribution in [0.2, 0.25) is 0 Å². The fraction of sp³-hybridized carbons (Fsp3) is 0.517. The van der Waals surface area contributed by atoms with Gasteiger partial charge in [0.2, 0.25) is 5.96 Å². The molecule has 2 aromatic carbocycles. The van der Waals surface area contributed by atoms with Crippen molar-refractivity contribution >= 4 is 11.9 Å². The van der Waals surface area contributed by atoms with E-state index in [1.165, 1.54) is 57.1 Å². The second kappa shape index (κ2) is 13.7. The van der Waals surface area contributed by atoms with Crippen molar-refractivity contribution in [1.82, 2.24) is 10.2 Å². The lowest BCUT2D eigenvalue weighted by molar-refractivity contribution is -0.274. The summed E-state index contributed by atoms with van der Waals surface area (Å²) in [5.74, 6) is 0.693. The summed E-state index contributed by atoms with van der Waals surface area (Å²) < 4.78 is 41.8. The van der Waals surface area contributed by atoms with Crippen LogP contribution in [0.5, 0.6) is 5.75 Å². The maximum atomic E-state index is 12.6. The van der Waals surface area contributed by atoms with Gasteiger partial charge in [-0.3, -0.25) is 15.0 Å². The summed E-state index contributed by atoms with van der Waals surface area (Å²) in [6.45, 7) is 1.24. The van der Waals surface area contributed by atoms with E-state index < -0.39 is 12.3 Å². The number of ether oxygens (including phenoxy) is 1. The first-order chi connectivity index (χ1) is 19.2. The second-order valence-electron chi connectivity index (χ2n) is 10.8. The zero-order valence-corrected chi connectivity index (χ0v) is 22.5. The van der Waals surface area contributed by atoms with Gasteiger partial charge in [0, 0.05) is 24.7 Å². The minimum Gasteiger partial charge on any atom is -0.406 e. The van der Waals surface area contributed by atoms with Crippen LogP contribution in [0.1, 0.15) is 79.3 Å². The van der Waals surface area contributed by atoms with E-state index in [0.717, 1.165) is 35.8 Å². The van der Waals surface area contributed by atoms with Crippen molar-refractivity contribution in [2.24, 2.45) is 27.9 Å². The highest BCUT2D eigenvalue weighted by Gasteiger charge is 2.32. The van der Waals surface area contributed by atoms with Gasteiger partial charge in [0.25, 0.3) is 5.91 Å². The van der Waals surface area contributed by atoms with Crippen molar-refractivity contribution in [3.05, 3.63) is 65.2 Å². The summed E-state index contributed by atoms with van der Waals surface area (Å²) in [6, 6.07) is 13.6. The molecule has 0 bridgehead atoms. The first-order valence-electron chi connectivity index (χ1n) is 13.9. The molecular weight excluding hydrogens is 521 g/mol. The van der Waals surface area contributed by atoms with Crippen molar-refractivity contribution in [2.45, 2.75) is 83.3 Å². The molecule has 216 valence electrons. The van der Waals surface area contributed by atoms with Gasteiger partial charge in [-0.25, -0.2) is 0 Å². The fourth-order valence-corrected chi connectivity index (χ4v) is 6.15. The van der Waals surface area contributed by atoms with Gasteiger partial charge < -0.3 is 10.5 Å². The lowest BCUT2D eigenvalue weighted by Gasteiger charge is -2.40. The molecule has 0 unspecified atom stereocenters. The smallest absolute Gasteiger partial charge is 0.406 e. The van der Waals surface area contributed by atoms with Gasteiger partial charge in [-0.15, -0.1) is 13.2 Å². The Morgan fingerprint density at radius 2 is 1.45 bits per heavy atom. The Bertz CT molecular complexity index is 1140. The molecule has 2 fully saturated rings. The molecule has 4 rings (SSSR count). The van der Waals surface area contributed by atoms with Crippen LogP contribution in [0.3, 0.4) is 0 Å². The summed E-state index contributed by atoms with van der Waals surface area (Å²) in [5.41, 5.74) is 14.5. The van der Waals surface area contributed by atoms with Crippen LogP contribution < -0.4 is 15.8 Å². The largest absolute Gasteiger partial charge is 0.573 e. The Morgan fingerprint density at radius 1 is 0.900 bits per heavy atom. The summed E-state index contributed by atoms with van der Waals surface area (Å²) in [6.07, 6.45) is 6.62. The van der Waals surface area contributed by atoms with E-state index in [1.54, 1.807) is 24.3 Å². The Morgan fingerprint density at radius 3 is 2.00 bits per heavy atom. The van der Waals surface area contributed by atoms with E-state index in [4.69, 9.17) is 11.3 Å². The van der Waals surface area contributed by atoms with Crippen LogP contribution in [0.25, 0.3) is 0 Å². The highest BCUT2D eigenvalue weighted by atomic mass is 19.4. The number of nitrogens with two attached hydrogens (primary N) is 1. The summed E-state index contributed by atoms with van der Waals surface area (Å²) in [5, 5.41) is 8.45. The maximum Gasteiger partial charge on any atom is 0.573 e. The highest BCUT2D eigenvalue weighted by molar-refractivity contribution is 6.05. The lowest BCUT2D eigenvalue weighted by atomic mass is 9.72. The van der Waals surface area contributed by atoms with Gasteiger partial charge in [-0.2, -0.15) is 5.53 Å². The van der Waals surface area contributed by atoms with Crippen molar-refractivity contribution in [3.8, 4) is 5.75 Å². The molecule has 2 aliphatic rings. The first kappa shape index (κ1) is 29.5. The monoisotopic (exact) mass is 558 g/mol. The first-order valence-corrected chi connectivity index (χ1v) is 13.9. The van der Waals surface area contributed by atoms with E-state index in [-0.39, 0.29) is 11.7 Å². The standard InChI is InChI=1S/C29H37F3N6O2/c30-29(31,32)40-26-16-8-21(9-17-26)19-38(25-14-12-23(13-15-25)22-4-2-1-3-5-22)18-20-6-10-24(11-7-20)27(39)35-28(33)36-37-34/h6-11,16-17,22-23,25H,1-5,12-15,18-19H2,(H4,33,34,35,36,39). The van der Waals surface area contributed by atoms with E-state index in [9.17, 15) is 18.0 Å². The second-order valence-corrected chi connectivity index (χ2v) is 10.8. The zero-order valence-electron chi connectivity index (χ0n) is 22.5. The lowest BCUT2D eigenvalue weighted by Crippen LogP contribution is -2.38. The molecule has 0 saturated heterocycles. The van der Waals surface area contributed by atoms with E-state index >= 15 is 0 Å². The molecule has 40 heavy (non-hydrogen) atoms. The average molecular weight is 559 g/mol. The molecule has 0 heterocycles. The number of carbonyl (C=O) groups is 1. The number of nitrogens with zero attached hydrogens (tertiary/aromatic N) is 3. The van der Waals surface area contributed by atoms with Crippen molar-refractivity contribution in [2.75, 3.05) is 0 Å². The van der Waals surface area contributed by atoms with Crippen LogP contribution in [0.15, 0.2) is 58.9 Å². The molecule has 11 heteroatoms. The quantitative estimate of drug-likeness (QED) is 0.137. The third-order valence-electron chi connectivity index (χ3n) is 8.12. The van der Waals surface area contributed by atoms with E-state index in [2.05, 4.69) is 25.3 Å². The van der Waals surface area contributed by atoms with Crippen LogP contribution in [-0.2, 0) is 13.1 Å². The predicted octanol–water partition coefficient (Wildman–Crippen LogP) is 6.72. The van der Waals surface area contributed by atoms with Gasteiger partial charge >= 0.3 is 6.36 Å². The Hall–Kier alpha value is -3.47. The number of guanidine groups is 1. The number of nitrogens with one attached hydrogen (secondary N) is 2. The minimum absolute atomic E-state index is 0.230. The van der Waals surface area contributed by atoms with Crippen LogP contribution in [-0.4, -0.2) is 29.2 Å². The van der Waals surface area contributed by atoms with Gasteiger partial charge in [0.15, 0.2) is 0 Å². The number of carbonyl (C=O) groups excluding carboxylic acids is 1. The SMILES string of the molecule is N=NN=C(N)NC(=O)c1ccc(CN(Cc2ccc(OC(F)(F)F)cc2)C2CCC(C3CCCCC3)CC2)cc1. The molecule has 0 spiro atoms. The minimum atomic E-state index is -4.72. The molecular formula is C29H37F3N6O2. The predicted molar refractivity (Wildman–Crippen MR) is 145 cm³/mol. The van der Waals surface area contributed by atoms with Gasteiger partial charge in [-0.05, 0) is 78.1 Å². The fourth-order valence-electron chi connectivity index (χ4n) is 6.15. The number of alkyl halides is 3. The number of rotatable bonds is 9. The van der Waals surface area contributed by atoms with E-state index in [1.807, 2.05) is 12.1 Å². The molecule has 0 aliphatic heterocycles. The average Bonchev–Trinajstić information content (AvgIpc) is 2.94. The molecule has 2 saturated carbocycles. The number of halogens is 3. The molecule has 0 atom stereocenters. The van der Waals surface area contributed by atoms with Gasteiger partial charge in [0.05, 0.1) is 0 Å². The molecule has 2 aromatic rings. The van der Waals surface area contributed by atoms with Crippen molar-refractivity contribution in [3.63, 3.8) is 0 Å². The third kappa shape index (κ3) is 8.77. The topological polar surface area (TPSA) is 116 Å². The van der Waals surface area contributed by atoms with Crippen LogP contribution in [0, 0.1) is 17.4 Å². The summed E-state index contributed by atoms with van der Waals surface area (Å²) in [4.78, 5) is 14.8. The molecule has 0 radical (unpaired) electrons. The normalized spacial score (nSPS) is 20.8. The molecule has 8 nitrogen and oxygen atoms in total. The Balaban J connectivity index is 1.44. The number of hydrogen-bond acceptors (Lipinski definition) is 5. The number of hydrogen-bond donors (Lipinski definition) is 3. The van der Waals surface area contributed by atoms with Crippen molar-refractivity contribution < 1.29 is 22.7 Å². The summed E-state index contributed by atoms with van der Waals surface area (Å²) >= 11 is 0. The Kier molecular flexibility index (Phi) is 10.1. The van der Waals surface area contributed by atoms with E-state index in [0.29, 0.717) is 24.7 Å². The summed E-state index contributed by atoms with van der Waals surface area (Å²) in [7, 11) is 0. The number of benzene rings is 2. The molecule has 0 aromatic heterocycles. The molecule has 2 aliphatic carbocycles. The zero-order chi connectivity index (χ0) is 28.5. The maximum absolute atomic E-state index is 12.6. The van der Waals surface area contributed by atoms with Gasteiger partial charge in [-0.1, -0.05) is 61.5 Å². The van der Waals surface area contributed by atoms with Crippen molar-refractivity contribution in [1.29, 1.82) is 5.53 Å². The molecule has 4 N–H and O–H groups in total. The van der Waals surface area contributed by atoms with Crippen LogP contribution >= 0.6 is 0 Å². The Labute approximate surface area is 232 Å². The van der Waals surface area contributed by atoms with Gasteiger partial charge in [0.1, 0.15) is 5.75 Å². The third-order valence-corrected chi connectivity index (χ3v) is 8.12.